The summed E-state index contributed by atoms with van der Waals surface area (Å²) >= 11 is 6.07. The fraction of sp³-hybridized carbons (Fsp3) is 0.429. The van der Waals surface area contributed by atoms with Gasteiger partial charge >= 0.3 is 5.97 Å². The Morgan fingerprint density at radius 3 is 2.75 bits per heavy atom. The number of nitrogens with zero attached hydrogens (tertiary/aromatic N) is 1. The molecule has 0 radical (unpaired) electrons. The molecule has 1 saturated heterocycles. The molecule has 1 aliphatic rings. The molecule has 2 rings (SSSR count). The summed E-state index contributed by atoms with van der Waals surface area (Å²) in [5.41, 5.74) is 0.285. The first kappa shape index (κ1) is 14.6. The number of rotatable bonds is 4. The van der Waals surface area contributed by atoms with Gasteiger partial charge in [-0.1, -0.05) is 11.6 Å². The fourth-order valence-electron chi connectivity index (χ4n) is 2.22. The summed E-state index contributed by atoms with van der Waals surface area (Å²) in [4.78, 5) is 11.5. The van der Waals surface area contributed by atoms with E-state index in [1.165, 1.54) is 0 Å². The van der Waals surface area contributed by atoms with Crippen molar-refractivity contribution in [2.75, 3.05) is 25.1 Å². The van der Waals surface area contributed by atoms with Crippen LogP contribution in [0.1, 0.15) is 18.4 Å². The average molecular weight is 295 g/mol. The third kappa shape index (κ3) is 3.03. The summed E-state index contributed by atoms with van der Waals surface area (Å²) in [5.74, 6) is -0.821. The normalized spacial score (nSPS) is 17.2. The van der Waals surface area contributed by atoms with Gasteiger partial charge in [-0.2, -0.15) is 5.26 Å². The highest BCUT2D eigenvalue weighted by molar-refractivity contribution is 6.33. The van der Waals surface area contributed by atoms with Crippen LogP contribution in [0.25, 0.3) is 0 Å². The van der Waals surface area contributed by atoms with Crippen LogP contribution >= 0.6 is 11.6 Å². The molecule has 0 atom stereocenters. The summed E-state index contributed by atoms with van der Waals surface area (Å²) in [7, 11) is 0. The Morgan fingerprint density at radius 1 is 1.50 bits per heavy atom. The molecular weight excluding hydrogens is 280 g/mol. The van der Waals surface area contributed by atoms with Gasteiger partial charge in [-0.25, -0.2) is 0 Å². The van der Waals surface area contributed by atoms with E-state index in [9.17, 15) is 9.90 Å². The molecule has 1 aromatic rings. The van der Waals surface area contributed by atoms with Crippen LogP contribution in [0.3, 0.4) is 0 Å². The standard InChI is InChI=1S/C14H15ClN2O3/c15-11-7-10(8-16)1-2-12(11)17-9-14(13(18)19)3-5-20-6-4-14/h1-2,7,17H,3-6,9H2,(H,18,19). The molecule has 6 heteroatoms. The zero-order chi connectivity index (χ0) is 14.6. The van der Waals surface area contributed by atoms with Crippen LogP contribution in [0, 0.1) is 16.7 Å². The zero-order valence-corrected chi connectivity index (χ0v) is 11.6. The fourth-order valence-corrected chi connectivity index (χ4v) is 2.47. The van der Waals surface area contributed by atoms with Crippen LogP contribution in [0.4, 0.5) is 5.69 Å². The largest absolute Gasteiger partial charge is 0.481 e. The lowest BCUT2D eigenvalue weighted by Gasteiger charge is -2.33. The van der Waals surface area contributed by atoms with Gasteiger partial charge in [0.15, 0.2) is 0 Å². The Balaban J connectivity index is 2.10. The number of carbonyl (C=O) groups is 1. The number of carboxylic acids is 1. The first-order valence-corrected chi connectivity index (χ1v) is 6.70. The van der Waals surface area contributed by atoms with Gasteiger partial charge in [0.05, 0.1) is 27.8 Å². The molecule has 0 aliphatic carbocycles. The van der Waals surface area contributed by atoms with Crippen LogP contribution in [0.2, 0.25) is 5.02 Å². The summed E-state index contributed by atoms with van der Waals surface area (Å²) in [6, 6.07) is 6.89. The van der Waals surface area contributed by atoms with Crippen LogP contribution in [-0.2, 0) is 9.53 Å². The number of aliphatic carboxylic acids is 1. The van der Waals surface area contributed by atoms with E-state index in [1.54, 1.807) is 18.2 Å². The SMILES string of the molecule is N#Cc1ccc(NCC2(C(=O)O)CCOCC2)c(Cl)c1. The topological polar surface area (TPSA) is 82.4 Å². The highest BCUT2D eigenvalue weighted by Gasteiger charge is 2.40. The zero-order valence-electron chi connectivity index (χ0n) is 10.9. The number of hydrogen-bond donors (Lipinski definition) is 2. The van der Waals surface area contributed by atoms with Crippen molar-refractivity contribution in [3.8, 4) is 6.07 Å². The maximum absolute atomic E-state index is 11.5. The number of ether oxygens (including phenoxy) is 1. The lowest BCUT2D eigenvalue weighted by atomic mass is 9.80. The van der Waals surface area contributed by atoms with E-state index in [-0.39, 0.29) is 6.54 Å². The van der Waals surface area contributed by atoms with Gasteiger partial charge in [-0.3, -0.25) is 4.79 Å². The molecule has 0 unspecified atom stereocenters. The number of hydrogen-bond acceptors (Lipinski definition) is 4. The quantitative estimate of drug-likeness (QED) is 0.891. The van der Waals surface area contributed by atoms with Gasteiger partial charge in [0.25, 0.3) is 0 Å². The highest BCUT2D eigenvalue weighted by atomic mass is 35.5. The molecule has 1 heterocycles. The molecule has 106 valence electrons. The van der Waals surface area contributed by atoms with Crippen molar-refractivity contribution in [1.82, 2.24) is 0 Å². The summed E-state index contributed by atoms with van der Waals surface area (Å²) in [5, 5.41) is 21.7. The minimum atomic E-state index is -0.824. The summed E-state index contributed by atoms with van der Waals surface area (Å²) in [6.07, 6.45) is 0.951. The third-order valence-corrected chi connectivity index (χ3v) is 3.93. The molecule has 0 bridgehead atoms. The van der Waals surface area contributed by atoms with E-state index >= 15 is 0 Å². The maximum Gasteiger partial charge on any atom is 0.311 e. The number of nitriles is 1. The number of benzene rings is 1. The Bertz CT molecular complexity index is 548. The van der Waals surface area contributed by atoms with Gasteiger partial charge in [0, 0.05) is 19.8 Å². The predicted octanol–water partition coefficient (Wildman–Crippen LogP) is 2.50. The molecule has 1 aromatic carbocycles. The van der Waals surface area contributed by atoms with E-state index in [1.807, 2.05) is 6.07 Å². The van der Waals surface area contributed by atoms with Gasteiger partial charge in [-0.15, -0.1) is 0 Å². The van der Waals surface area contributed by atoms with E-state index in [0.29, 0.717) is 42.3 Å². The molecule has 2 N–H and O–H groups in total. The number of carboxylic acid groups (broad SMARTS) is 1. The van der Waals surface area contributed by atoms with Crippen LogP contribution < -0.4 is 5.32 Å². The minimum absolute atomic E-state index is 0.289. The second-order valence-corrected chi connectivity index (χ2v) is 5.27. The van der Waals surface area contributed by atoms with E-state index in [2.05, 4.69) is 5.32 Å². The van der Waals surface area contributed by atoms with Crippen molar-refractivity contribution in [1.29, 1.82) is 5.26 Å². The van der Waals surface area contributed by atoms with E-state index < -0.39 is 11.4 Å². The first-order valence-electron chi connectivity index (χ1n) is 6.32. The molecule has 0 aromatic heterocycles. The smallest absolute Gasteiger partial charge is 0.311 e. The van der Waals surface area contributed by atoms with Gasteiger partial charge in [0.2, 0.25) is 0 Å². The molecule has 0 amide bonds. The lowest BCUT2D eigenvalue weighted by molar-refractivity contribution is -0.153. The molecule has 0 spiro atoms. The van der Waals surface area contributed by atoms with Gasteiger partial charge in [0.1, 0.15) is 0 Å². The minimum Gasteiger partial charge on any atom is -0.481 e. The van der Waals surface area contributed by atoms with Gasteiger partial charge < -0.3 is 15.2 Å². The molecule has 0 saturated carbocycles. The average Bonchev–Trinajstić information content (AvgIpc) is 2.46. The Hall–Kier alpha value is -1.77. The van der Waals surface area contributed by atoms with Crippen LogP contribution in [-0.4, -0.2) is 30.8 Å². The van der Waals surface area contributed by atoms with Crippen molar-refractivity contribution in [3.05, 3.63) is 28.8 Å². The molecule has 5 nitrogen and oxygen atoms in total. The Kier molecular flexibility index (Phi) is 4.48. The molecule has 1 aliphatic heterocycles. The second-order valence-electron chi connectivity index (χ2n) is 4.86. The summed E-state index contributed by atoms with van der Waals surface area (Å²) in [6.45, 7) is 1.20. The third-order valence-electron chi connectivity index (χ3n) is 3.62. The second kappa shape index (κ2) is 6.12. The monoisotopic (exact) mass is 294 g/mol. The molecule has 1 fully saturated rings. The van der Waals surface area contributed by atoms with Crippen molar-refractivity contribution in [2.24, 2.45) is 5.41 Å². The lowest BCUT2D eigenvalue weighted by Crippen LogP contribution is -2.42. The van der Waals surface area contributed by atoms with E-state index in [0.717, 1.165) is 0 Å². The molecular formula is C14H15ClN2O3. The van der Waals surface area contributed by atoms with Crippen molar-refractivity contribution in [2.45, 2.75) is 12.8 Å². The Morgan fingerprint density at radius 2 is 2.20 bits per heavy atom. The highest BCUT2D eigenvalue weighted by Crippen LogP contribution is 2.32. The van der Waals surface area contributed by atoms with E-state index in [4.69, 9.17) is 21.6 Å². The maximum atomic E-state index is 11.5. The number of nitrogens with one attached hydrogen (secondary N) is 1. The van der Waals surface area contributed by atoms with Crippen molar-refractivity contribution < 1.29 is 14.6 Å². The van der Waals surface area contributed by atoms with Crippen LogP contribution in [0.5, 0.6) is 0 Å². The number of anilines is 1. The molecule has 20 heavy (non-hydrogen) atoms. The predicted molar refractivity (Wildman–Crippen MR) is 74.8 cm³/mol. The first-order chi connectivity index (χ1) is 9.57. The van der Waals surface area contributed by atoms with Crippen LogP contribution in [0.15, 0.2) is 18.2 Å². The van der Waals surface area contributed by atoms with Gasteiger partial charge in [-0.05, 0) is 31.0 Å². The van der Waals surface area contributed by atoms with Crippen molar-refractivity contribution >= 4 is 23.3 Å². The van der Waals surface area contributed by atoms with Crippen molar-refractivity contribution in [3.63, 3.8) is 0 Å². The Labute approximate surface area is 122 Å². The number of halogens is 1. The summed E-state index contributed by atoms with van der Waals surface area (Å²) < 4.78 is 5.23.